The molecule has 26 heavy (non-hydrogen) atoms. The lowest BCUT2D eigenvalue weighted by Gasteiger charge is -2.26. The molecule has 0 aliphatic carbocycles. The molecule has 1 aromatic carbocycles. The number of amides is 1. The summed E-state index contributed by atoms with van der Waals surface area (Å²) in [6.07, 6.45) is 4.57. The fraction of sp³-hybridized carbons (Fsp3) is 0.400. The molecule has 0 spiro atoms. The number of carbonyl (C=O) groups excluding carboxylic acids is 1. The van der Waals surface area contributed by atoms with E-state index in [9.17, 15) is 4.79 Å². The Labute approximate surface area is 159 Å². The monoisotopic (exact) mass is 371 g/mol. The number of rotatable bonds is 8. The third kappa shape index (κ3) is 6.44. The molecular weight excluding hydrogens is 346 g/mol. The van der Waals surface area contributed by atoms with Gasteiger partial charge in [0.1, 0.15) is 0 Å². The maximum absolute atomic E-state index is 12.1. The average Bonchev–Trinajstić information content (AvgIpc) is 2.69. The predicted molar refractivity (Wildman–Crippen MR) is 106 cm³/mol. The molecule has 0 atom stereocenters. The van der Waals surface area contributed by atoms with Gasteiger partial charge < -0.3 is 10.1 Å². The van der Waals surface area contributed by atoms with E-state index in [1.807, 2.05) is 24.3 Å². The standard InChI is InChI=1S/C20H25N3O2S/c24-20(16-26-15-18-5-8-21-9-6-18)22-19-3-1-17(2-4-19)7-10-23-11-13-25-14-12-23/h1-6,8-9H,7,10-16H2,(H,22,24). The number of ether oxygens (including phenoxy) is 1. The molecule has 1 aliphatic heterocycles. The van der Waals surface area contributed by atoms with E-state index in [1.165, 1.54) is 11.1 Å². The zero-order valence-electron chi connectivity index (χ0n) is 14.9. The van der Waals surface area contributed by atoms with Gasteiger partial charge in [-0.2, -0.15) is 0 Å². The average molecular weight is 372 g/mol. The summed E-state index contributed by atoms with van der Waals surface area (Å²) in [5.41, 5.74) is 3.33. The van der Waals surface area contributed by atoms with Gasteiger partial charge in [0.2, 0.25) is 5.91 Å². The molecule has 0 unspecified atom stereocenters. The van der Waals surface area contributed by atoms with Crippen LogP contribution in [0.5, 0.6) is 0 Å². The number of nitrogens with one attached hydrogen (secondary N) is 1. The summed E-state index contributed by atoms with van der Waals surface area (Å²) in [6.45, 7) is 4.77. The highest BCUT2D eigenvalue weighted by Gasteiger charge is 2.10. The van der Waals surface area contributed by atoms with Crippen molar-refractivity contribution in [3.63, 3.8) is 0 Å². The van der Waals surface area contributed by atoms with Crippen molar-refractivity contribution in [2.75, 3.05) is 43.9 Å². The molecule has 1 aromatic heterocycles. The quantitative estimate of drug-likeness (QED) is 0.773. The molecule has 1 fully saturated rings. The third-order valence-corrected chi connectivity index (χ3v) is 5.31. The van der Waals surface area contributed by atoms with Crippen LogP contribution in [0.3, 0.4) is 0 Å². The van der Waals surface area contributed by atoms with Crippen LogP contribution in [0.25, 0.3) is 0 Å². The van der Waals surface area contributed by atoms with Crippen LogP contribution in [0.1, 0.15) is 11.1 Å². The topological polar surface area (TPSA) is 54.5 Å². The molecule has 0 saturated carbocycles. The zero-order chi connectivity index (χ0) is 18.0. The van der Waals surface area contributed by atoms with Crippen molar-refractivity contribution in [1.82, 2.24) is 9.88 Å². The highest BCUT2D eigenvalue weighted by molar-refractivity contribution is 7.99. The van der Waals surface area contributed by atoms with Gasteiger partial charge in [-0.05, 0) is 41.8 Å². The number of thioether (sulfide) groups is 1. The number of hydrogen-bond donors (Lipinski definition) is 1. The van der Waals surface area contributed by atoms with E-state index in [0.29, 0.717) is 5.75 Å². The predicted octanol–water partition coefficient (Wildman–Crippen LogP) is 2.83. The van der Waals surface area contributed by atoms with E-state index in [0.717, 1.165) is 50.7 Å². The number of anilines is 1. The molecule has 5 nitrogen and oxygen atoms in total. The Morgan fingerprint density at radius 3 is 2.54 bits per heavy atom. The first-order valence-electron chi connectivity index (χ1n) is 8.95. The van der Waals surface area contributed by atoms with E-state index in [2.05, 4.69) is 27.3 Å². The number of benzene rings is 1. The molecule has 138 valence electrons. The van der Waals surface area contributed by atoms with E-state index in [4.69, 9.17) is 4.74 Å². The van der Waals surface area contributed by atoms with E-state index in [1.54, 1.807) is 24.2 Å². The minimum absolute atomic E-state index is 0.0325. The summed E-state index contributed by atoms with van der Waals surface area (Å²) in [7, 11) is 0. The summed E-state index contributed by atoms with van der Waals surface area (Å²) < 4.78 is 5.37. The van der Waals surface area contributed by atoms with Crippen LogP contribution in [0.15, 0.2) is 48.8 Å². The maximum Gasteiger partial charge on any atom is 0.234 e. The zero-order valence-corrected chi connectivity index (χ0v) is 15.7. The fourth-order valence-electron chi connectivity index (χ4n) is 2.80. The summed E-state index contributed by atoms with van der Waals surface area (Å²) >= 11 is 1.61. The number of carbonyl (C=O) groups is 1. The van der Waals surface area contributed by atoms with Gasteiger partial charge >= 0.3 is 0 Å². The Morgan fingerprint density at radius 2 is 1.81 bits per heavy atom. The largest absolute Gasteiger partial charge is 0.379 e. The second-order valence-electron chi connectivity index (χ2n) is 6.30. The lowest BCUT2D eigenvalue weighted by molar-refractivity contribution is -0.113. The lowest BCUT2D eigenvalue weighted by Crippen LogP contribution is -2.37. The molecule has 6 heteroatoms. The first-order chi connectivity index (χ1) is 12.8. The maximum atomic E-state index is 12.1. The Bertz CT molecular complexity index is 673. The van der Waals surface area contributed by atoms with Gasteiger partial charge in [0.25, 0.3) is 0 Å². The van der Waals surface area contributed by atoms with Crippen molar-refractivity contribution in [2.24, 2.45) is 0 Å². The van der Waals surface area contributed by atoms with Crippen LogP contribution in [0.4, 0.5) is 5.69 Å². The van der Waals surface area contributed by atoms with Crippen molar-refractivity contribution >= 4 is 23.4 Å². The van der Waals surface area contributed by atoms with Crippen molar-refractivity contribution in [3.05, 3.63) is 59.9 Å². The van der Waals surface area contributed by atoms with Crippen LogP contribution < -0.4 is 5.32 Å². The van der Waals surface area contributed by atoms with Gasteiger partial charge in [-0.25, -0.2) is 0 Å². The van der Waals surface area contributed by atoms with Gasteiger partial charge in [-0.1, -0.05) is 12.1 Å². The highest BCUT2D eigenvalue weighted by atomic mass is 32.2. The minimum atomic E-state index is 0.0325. The van der Waals surface area contributed by atoms with Crippen molar-refractivity contribution < 1.29 is 9.53 Å². The van der Waals surface area contributed by atoms with Crippen molar-refractivity contribution in [3.8, 4) is 0 Å². The fourth-order valence-corrected chi connectivity index (χ4v) is 3.59. The number of pyridine rings is 1. The SMILES string of the molecule is O=C(CSCc1ccncc1)Nc1ccc(CCN2CCOCC2)cc1. The first kappa shape index (κ1) is 18.9. The van der Waals surface area contributed by atoms with Crippen molar-refractivity contribution in [1.29, 1.82) is 0 Å². The van der Waals surface area contributed by atoms with E-state index < -0.39 is 0 Å². The second-order valence-corrected chi connectivity index (χ2v) is 7.28. The number of morpholine rings is 1. The van der Waals surface area contributed by atoms with Crippen LogP contribution >= 0.6 is 11.8 Å². The molecule has 1 N–H and O–H groups in total. The third-order valence-electron chi connectivity index (χ3n) is 4.31. The molecule has 2 heterocycles. The van der Waals surface area contributed by atoms with Crippen LogP contribution in [0, 0.1) is 0 Å². The first-order valence-corrected chi connectivity index (χ1v) is 10.1. The van der Waals surface area contributed by atoms with Gasteiger partial charge in [0.05, 0.1) is 19.0 Å². The van der Waals surface area contributed by atoms with E-state index >= 15 is 0 Å². The van der Waals surface area contributed by atoms with Gasteiger partial charge in [-0.15, -0.1) is 11.8 Å². The summed E-state index contributed by atoms with van der Waals surface area (Å²) in [6, 6.07) is 12.1. The summed E-state index contributed by atoms with van der Waals surface area (Å²) in [5, 5.41) is 2.96. The number of aromatic nitrogens is 1. The molecule has 1 amide bonds. The Morgan fingerprint density at radius 1 is 1.08 bits per heavy atom. The second kappa shape index (κ2) is 10.3. The highest BCUT2D eigenvalue weighted by Crippen LogP contribution is 2.14. The van der Waals surface area contributed by atoms with E-state index in [-0.39, 0.29) is 5.91 Å². The smallest absolute Gasteiger partial charge is 0.234 e. The molecule has 0 radical (unpaired) electrons. The Hall–Kier alpha value is -1.89. The van der Waals surface area contributed by atoms with Gasteiger partial charge in [-0.3, -0.25) is 14.7 Å². The minimum Gasteiger partial charge on any atom is -0.379 e. The normalized spacial score (nSPS) is 14.9. The Kier molecular flexibility index (Phi) is 7.49. The van der Waals surface area contributed by atoms with Crippen LogP contribution in [-0.4, -0.2) is 54.4 Å². The van der Waals surface area contributed by atoms with Gasteiger partial charge in [0.15, 0.2) is 0 Å². The van der Waals surface area contributed by atoms with Gasteiger partial charge in [0, 0.05) is 43.5 Å². The molecule has 1 aliphatic rings. The van der Waals surface area contributed by atoms with Crippen LogP contribution in [-0.2, 0) is 21.7 Å². The Balaban J connectivity index is 1.37. The summed E-state index contributed by atoms with van der Waals surface area (Å²) in [4.78, 5) is 18.5. The molecule has 1 saturated heterocycles. The van der Waals surface area contributed by atoms with Crippen molar-refractivity contribution in [2.45, 2.75) is 12.2 Å². The summed E-state index contributed by atoms with van der Waals surface area (Å²) in [5.74, 6) is 1.29. The molecule has 3 rings (SSSR count). The molecule has 2 aromatic rings. The molecule has 0 bridgehead atoms. The number of hydrogen-bond acceptors (Lipinski definition) is 5. The van der Waals surface area contributed by atoms with Crippen LogP contribution in [0.2, 0.25) is 0 Å². The number of nitrogens with zero attached hydrogens (tertiary/aromatic N) is 2. The molecular formula is C20H25N3O2S. The lowest BCUT2D eigenvalue weighted by atomic mass is 10.1.